The van der Waals surface area contributed by atoms with Gasteiger partial charge in [0.05, 0.1) is 17.9 Å². The predicted octanol–water partition coefficient (Wildman–Crippen LogP) is 1.19. The summed E-state index contributed by atoms with van der Waals surface area (Å²) in [5, 5.41) is 12.7. The van der Waals surface area contributed by atoms with Crippen molar-refractivity contribution in [3.8, 4) is 5.75 Å². The minimum absolute atomic E-state index is 0.455. The van der Waals surface area contributed by atoms with E-state index in [9.17, 15) is 0 Å². The molecule has 0 aliphatic carbocycles. The molecule has 0 saturated heterocycles. The van der Waals surface area contributed by atoms with Gasteiger partial charge in [0.25, 0.3) is 0 Å². The van der Waals surface area contributed by atoms with Crippen LogP contribution in [0.2, 0.25) is 0 Å². The Labute approximate surface area is 113 Å². The average Bonchev–Trinajstić information content (AvgIpc) is 2.96. The van der Waals surface area contributed by atoms with E-state index in [0.29, 0.717) is 6.61 Å². The third-order valence-corrected chi connectivity index (χ3v) is 3.04. The summed E-state index contributed by atoms with van der Waals surface area (Å²) in [5.41, 5.74) is 2.88. The summed E-state index contributed by atoms with van der Waals surface area (Å²) >= 11 is 0. The molecule has 0 saturated carbocycles. The molecule has 2 rings (SSSR count). The predicted molar refractivity (Wildman–Crippen MR) is 80.9 cm³/mol. The zero-order chi connectivity index (χ0) is 13.7. The van der Waals surface area contributed by atoms with Gasteiger partial charge in [-0.2, -0.15) is 0 Å². The minimum atomic E-state index is 0.455. The Morgan fingerprint density at radius 3 is 2.47 bits per heavy atom. The highest BCUT2D eigenvalue weighted by Crippen LogP contribution is 2.38. The molecule has 0 unspecified atom stereocenters. The largest absolute Gasteiger partial charge is 0.481 e. The lowest BCUT2D eigenvalue weighted by Crippen LogP contribution is -2.25. The first-order valence-electron chi connectivity index (χ1n) is 6.40. The van der Waals surface area contributed by atoms with Crippen LogP contribution in [0.15, 0.2) is 17.1 Å². The van der Waals surface area contributed by atoms with Crippen LogP contribution in [0.3, 0.4) is 0 Å². The van der Waals surface area contributed by atoms with Gasteiger partial charge in [0.15, 0.2) is 5.75 Å². The van der Waals surface area contributed by atoms with Crippen LogP contribution in [0.1, 0.15) is 0 Å². The van der Waals surface area contributed by atoms with Gasteiger partial charge in [0, 0.05) is 27.7 Å². The lowest BCUT2D eigenvalue weighted by molar-refractivity contribution is 0.377. The average molecular weight is 263 g/mol. The number of benzene rings is 1. The van der Waals surface area contributed by atoms with Crippen LogP contribution in [0, 0.1) is 0 Å². The number of amidine groups is 1. The van der Waals surface area contributed by atoms with Crippen molar-refractivity contribution in [1.29, 1.82) is 0 Å². The molecule has 1 aliphatic heterocycles. The van der Waals surface area contributed by atoms with Crippen molar-refractivity contribution in [2.45, 2.75) is 0 Å². The highest BCUT2D eigenvalue weighted by atomic mass is 16.5. The van der Waals surface area contributed by atoms with Crippen molar-refractivity contribution in [2.75, 3.05) is 56.8 Å². The second-order valence-electron chi connectivity index (χ2n) is 4.16. The standard InChI is InChI=1S/C13H21N5O/c1-14-9-4-5-10(15-2)13(12(9)16-3)19-8-11-17-6-7-18-11/h4-5,14-16H,6-8H2,1-3H3,(H,17,18). The molecule has 1 aromatic carbocycles. The molecule has 1 aromatic rings. The number of hydrogen-bond acceptors (Lipinski definition) is 6. The summed E-state index contributed by atoms with van der Waals surface area (Å²) in [6.45, 7) is 2.18. The van der Waals surface area contributed by atoms with Crippen molar-refractivity contribution in [3.05, 3.63) is 12.1 Å². The molecule has 6 nitrogen and oxygen atoms in total. The zero-order valence-electron chi connectivity index (χ0n) is 11.6. The molecular weight excluding hydrogens is 242 g/mol. The van der Waals surface area contributed by atoms with Gasteiger partial charge in [0.2, 0.25) is 0 Å². The fourth-order valence-electron chi connectivity index (χ4n) is 2.07. The van der Waals surface area contributed by atoms with E-state index in [2.05, 4.69) is 26.3 Å². The highest BCUT2D eigenvalue weighted by molar-refractivity contribution is 5.87. The number of anilines is 3. The second-order valence-corrected chi connectivity index (χ2v) is 4.16. The minimum Gasteiger partial charge on any atom is -0.481 e. The molecule has 0 spiro atoms. The summed E-state index contributed by atoms with van der Waals surface area (Å²) in [5.74, 6) is 1.70. The van der Waals surface area contributed by atoms with Crippen LogP contribution >= 0.6 is 0 Å². The van der Waals surface area contributed by atoms with E-state index in [-0.39, 0.29) is 0 Å². The molecular formula is C13H21N5O. The van der Waals surface area contributed by atoms with Crippen molar-refractivity contribution in [1.82, 2.24) is 5.32 Å². The maximum absolute atomic E-state index is 5.92. The molecule has 104 valence electrons. The van der Waals surface area contributed by atoms with Gasteiger partial charge in [-0.15, -0.1) is 0 Å². The first-order valence-corrected chi connectivity index (χ1v) is 6.40. The third kappa shape index (κ3) is 2.83. The molecule has 6 heteroatoms. The number of hydrogen-bond donors (Lipinski definition) is 4. The molecule has 0 bridgehead atoms. The van der Waals surface area contributed by atoms with Gasteiger partial charge in [-0.25, -0.2) is 0 Å². The third-order valence-electron chi connectivity index (χ3n) is 3.04. The fourth-order valence-corrected chi connectivity index (χ4v) is 2.07. The lowest BCUT2D eigenvalue weighted by Gasteiger charge is -2.18. The van der Waals surface area contributed by atoms with Crippen LogP contribution in [0.4, 0.5) is 17.1 Å². The summed E-state index contributed by atoms with van der Waals surface area (Å²) in [6.07, 6.45) is 0. The van der Waals surface area contributed by atoms with Gasteiger partial charge in [-0.3, -0.25) is 4.99 Å². The lowest BCUT2D eigenvalue weighted by atomic mass is 10.2. The van der Waals surface area contributed by atoms with E-state index in [1.54, 1.807) is 0 Å². The maximum atomic E-state index is 5.92. The van der Waals surface area contributed by atoms with Gasteiger partial charge in [0.1, 0.15) is 18.1 Å². The topological polar surface area (TPSA) is 69.7 Å². The number of nitrogens with one attached hydrogen (secondary N) is 4. The molecule has 4 N–H and O–H groups in total. The van der Waals surface area contributed by atoms with Crippen LogP contribution < -0.4 is 26.0 Å². The Balaban J connectivity index is 2.24. The van der Waals surface area contributed by atoms with E-state index < -0.39 is 0 Å². The molecule has 1 heterocycles. The SMILES string of the molecule is CNc1ccc(NC)c(OCC2=NCCN2)c1NC. The fraction of sp³-hybridized carbons (Fsp3) is 0.462. The molecule has 0 atom stereocenters. The Morgan fingerprint density at radius 1 is 1.16 bits per heavy atom. The normalized spacial score (nSPS) is 13.5. The van der Waals surface area contributed by atoms with E-state index in [4.69, 9.17) is 4.74 Å². The van der Waals surface area contributed by atoms with E-state index in [1.807, 2.05) is 33.3 Å². The number of aliphatic imine (C=N–C) groups is 1. The molecule has 0 radical (unpaired) electrons. The van der Waals surface area contributed by atoms with Crippen molar-refractivity contribution < 1.29 is 4.74 Å². The monoisotopic (exact) mass is 263 g/mol. The summed E-state index contributed by atoms with van der Waals surface area (Å²) in [4.78, 5) is 4.33. The number of ether oxygens (including phenoxy) is 1. The molecule has 1 aliphatic rings. The van der Waals surface area contributed by atoms with Crippen LogP contribution in [-0.2, 0) is 0 Å². The summed E-state index contributed by atoms with van der Waals surface area (Å²) < 4.78 is 5.92. The zero-order valence-corrected chi connectivity index (χ0v) is 11.6. The van der Waals surface area contributed by atoms with Crippen molar-refractivity contribution >= 4 is 22.9 Å². The van der Waals surface area contributed by atoms with Crippen LogP contribution in [0.25, 0.3) is 0 Å². The quantitative estimate of drug-likeness (QED) is 0.621. The summed E-state index contributed by atoms with van der Waals surface area (Å²) in [6, 6.07) is 4.00. The highest BCUT2D eigenvalue weighted by Gasteiger charge is 2.14. The van der Waals surface area contributed by atoms with Gasteiger partial charge in [-0.05, 0) is 12.1 Å². The second kappa shape index (κ2) is 6.17. The number of nitrogens with zero attached hydrogens (tertiary/aromatic N) is 1. The first-order chi connectivity index (χ1) is 9.30. The van der Waals surface area contributed by atoms with Gasteiger partial charge in [-0.1, -0.05) is 0 Å². The molecule has 0 fully saturated rings. The van der Waals surface area contributed by atoms with Gasteiger partial charge >= 0.3 is 0 Å². The smallest absolute Gasteiger partial charge is 0.168 e. The molecule has 0 amide bonds. The molecule has 0 aromatic heterocycles. The first kappa shape index (κ1) is 13.3. The van der Waals surface area contributed by atoms with Crippen LogP contribution in [0.5, 0.6) is 5.75 Å². The number of rotatable bonds is 6. The van der Waals surface area contributed by atoms with Crippen molar-refractivity contribution in [2.24, 2.45) is 4.99 Å². The Bertz CT molecular complexity index is 472. The molecule has 19 heavy (non-hydrogen) atoms. The summed E-state index contributed by atoms with van der Waals surface area (Å²) in [7, 11) is 5.65. The Morgan fingerprint density at radius 2 is 1.89 bits per heavy atom. The Kier molecular flexibility index (Phi) is 4.33. The van der Waals surface area contributed by atoms with E-state index in [1.165, 1.54) is 0 Å². The van der Waals surface area contributed by atoms with E-state index >= 15 is 0 Å². The van der Waals surface area contributed by atoms with Gasteiger partial charge < -0.3 is 26.0 Å². The van der Waals surface area contributed by atoms with Crippen LogP contribution in [-0.4, -0.2) is 46.7 Å². The maximum Gasteiger partial charge on any atom is 0.168 e. The Hall–Kier alpha value is -2.11. The van der Waals surface area contributed by atoms with E-state index in [0.717, 1.165) is 41.7 Å². The van der Waals surface area contributed by atoms with Crippen molar-refractivity contribution in [3.63, 3.8) is 0 Å².